The standard InChI is InChI=1S/C17H22N2O4S/c1-17(2)10-11(17)14(21)19-12(16(22)23)6-3-4-9-24-15-13(20)7-5-8-18-15/h5-8,11,20H,3-4,9-10H2,1-2H3,(H,19,21)(H,22,23)/b12-6+. The summed E-state index contributed by atoms with van der Waals surface area (Å²) in [6.07, 6.45) is 5.17. The van der Waals surface area contributed by atoms with Gasteiger partial charge >= 0.3 is 5.97 Å². The number of nitrogens with one attached hydrogen (secondary N) is 1. The van der Waals surface area contributed by atoms with Crippen molar-refractivity contribution < 1.29 is 19.8 Å². The molecule has 0 saturated heterocycles. The lowest BCUT2D eigenvalue weighted by atomic mass is 10.1. The number of allylic oxidation sites excluding steroid dienone is 1. The zero-order chi connectivity index (χ0) is 17.7. The van der Waals surface area contributed by atoms with Crippen LogP contribution in [0.1, 0.15) is 33.1 Å². The van der Waals surface area contributed by atoms with E-state index in [4.69, 9.17) is 0 Å². The smallest absolute Gasteiger partial charge is 0.352 e. The van der Waals surface area contributed by atoms with Gasteiger partial charge in [-0.3, -0.25) is 4.79 Å². The van der Waals surface area contributed by atoms with Crippen LogP contribution in [-0.2, 0) is 9.59 Å². The Morgan fingerprint density at radius 1 is 1.50 bits per heavy atom. The molecule has 1 saturated carbocycles. The van der Waals surface area contributed by atoms with Crippen LogP contribution in [0.5, 0.6) is 5.75 Å². The van der Waals surface area contributed by atoms with E-state index >= 15 is 0 Å². The first-order chi connectivity index (χ1) is 11.3. The quantitative estimate of drug-likeness (QED) is 0.379. The normalized spacial score (nSPS) is 18.9. The minimum atomic E-state index is -1.13. The topological polar surface area (TPSA) is 99.5 Å². The van der Waals surface area contributed by atoms with E-state index in [0.29, 0.717) is 23.6 Å². The SMILES string of the molecule is CC1(C)CC1C(=O)N/C(=C/CCCSc1ncccc1O)C(=O)O. The molecule has 7 heteroatoms. The summed E-state index contributed by atoms with van der Waals surface area (Å²) in [6, 6.07) is 3.23. The van der Waals surface area contributed by atoms with Gasteiger partial charge in [-0.15, -0.1) is 11.8 Å². The minimum absolute atomic E-state index is 0.0327. The van der Waals surface area contributed by atoms with Gasteiger partial charge in [-0.2, -0.15) is 0 Å². The van der Waals surface area contributed by atoms with Crippen LogP contribution in [0, 0.1) is 11.3 Å². The number of aromatic hydroxyl groups is 1. The van der Waals surface area contributed by atoms with E-state index in [0.717, 1.165) is 6.42 Å². The Morgan fingerprint density at radius 3 is 2.79 bits per heavy atom. The van der Waals surface area contributed by atoms with Gasteiger partial charge in [0.25, 0.3) is 0 Å². The summed E-state index contributed by atoms with van der Waals surface area (Å²) >= 11 is 1.41. The van der Waals surface area contributed by atoms with E-state index in [2.05, 4.69) is 10.3 Å². The van der Waals surface area contributed by atoms with E-state index in [1.165, 1.54) is 17.8 Å². The van der Waals surface area contributed by atoms with E-state index in [-0.39, 0.29) is 28.7 Å². The third kappa shape index (κ3) is 4.99. The van der Waals surface area contributed by atoms with Crippen LogP contribution in [0.2, 0.25) is 0 Å². The predicted molar refractivity (Wildman–Crippen MR) is 91.6 cm³/mol. The van der Waals surface area contributed by atoms with Crippen molar-refractivity contribution in [2.75, 3.05) is 5.75 Å². The predicted octanol–water partition coefficient (Wildman–Crippen LogP) is 2.79. The second-order valence-electron chi connectivity index (χ2n) is 6.48. The molecule has 1 aromatic rings. The Kier molecular flexibility index (Phi) is 5.88. The van der Waals surface area contributed by atoms with Gasteiger partial charge in [-0.25, -0.2) is 9.78 Å². The molecule has 1 heterocycles. The second kappa shape index (κ2) is 7.70. The molecular formula is C17H22N2O4S. The van der Waals surface area contributed by atoms with Crippen molar-refractivity contribution in [1.82, 2.24) is 10.3 Å². The van der Waals surface area contributed by atoms with Crippen molar-refractivity contribution in [2.24, 2.45) is 11.3 Å². The molecule has 3 N–H and O–H groups in total. The van der Waals surface area contributed by atoms with Crippen LogP contribution in [0.25, 0.3) is 0 Å². The third-order valence-corrected chi connectivity index (χ3v) is 5.09. The monoisotopic (exact) mass is 350 g/mol. The van der Waals surface area contributed by atoms with E-state index in [1.54, 1.807) is 18.3 Å². The number of amides is 1. The number of carboxylic acids is 1. The van der Waals surface area contributed by atoms with Gasteiger partial charge in [-0.05, 0) is 42.6 Å². The molecule has 1 amide bonds. The van der Waals surface area contributed by atoms with Crippen molar-refractivity contribution in [3.05, 3.63) is 30.1 Å². The van der Waals surface area contributed by atoms with Gasteiger partial charge in [0.1, 0.15) is 16.5 Å². The number of carboxylic acid groups (broad SMARTS) is 1. The lowest BCUT2D eigenvalue weighted by Crippen LogP contribution is -2.29. The van der Waals surface area contributed by atoms with Gasteiger partial charge in [0.05, 0.1) is 0 Å². The number of nitrogens with zero attached hydrogens (tertiary/aromatic N) is 1. The number of unbranched alkanes of at least 4 members (excludes halogenated alkanes) is 1. The second-order valence-corrected chi connectivity index (χ2v) is 7.56. The fourth-order valence-corrected chi connectivity index (χ4v) is 3.17. The Bertz CT molecular complexity index is 658. The fraction of sp³-hybridized carbons (Fsp3) is 0.471. The summed E-state index contributed by atoms with van der Waals surface area (Å²) in [5.74, 6) is -0.623. The molecule has 0 spiro atoms. The first-order valence-electron chi connectivity index (χ1n) is 7.82. The first kappa shape index (κ1) is 18.3. The van der Waals surface area contributed by atoms with Crippen molar-refractivity contribution in [2.45, 2.75) is 38.1 Å². The Hall–Kier alpha value is -2.02. The highest BCUT2D eigenvalue weighted by atomic mass is 32.2. The number of thioether (sulfide) groups is 1. The highest BCUT2D eigenvalue weighted by Gasteiger charge is 2.50. The summed E-state index contributed by atoms with van der Waals surface area (Å²) in [7, 11) is 0. The molecule has 1 aromatic heterocycles. The molecule has 0 aromatic carbocycles. The van der Waals surface area contributed by atoms with Crippen LogP contribution < -0.4 is 5.32 Å². The zero-order valence-electron chi connectivity index (χ0n) is 13.8. The molecule has 6 nitrogen and oxygen atoms in total. The van der Waals surface area contributed by atoms with Gasteiger partial charge in [0.15, 0.2) is 0 Å². The number of rotatable bonds is 8. The maximum Gasteiger partial charge on any atom is 0.352 e. The average Bonchev–Trinajstić information content (AvgIpc) is 3.16. The molecule has 130 valence electrons. The van der Waals surface area contributed by atoms with Crippen LogP contribution >= 0.6 is 11.8 Å². The lowest BCUT2D eigenvalue weighted by molar-refractivity contribution is -0.135. The minimum Gasteiger partial charge on any atom is -0.505 e. The van der Waals surface area contributed by atoms with E-state index in [9.17, 15) is 19.8 Å². The number of hydrogen-bond donors (Lipinski definition) is 3. The number of hydrogen-bond acceptors (Lipinski definition) is 5. The maximum absolute atomic E-state index is 12.0. The molecule has 24 heavy (non-hydrogen) atoms. The number of pyridine rings is 1. The number of aliphatic carboxylic acids is 1. The summed E-state index contributed by atoms with van der Waals surface area (Å²) in [5.41, 5.74) is -0.0944. The Balaban J connectivity index is 1.78. The third-order valence-electron chi connectivity index (χ3n) is 4.00. The Labute approximate surface area is 145 Å². The van der Waals surface area contributed by atoms with Gasteiger partial charge < -0.3 is 15.5 Å². The molecule has 1 unspecified atom stereocenters. The van der Waals surface area contributed by atoms with Crippen molar-refractivity contribution >= 4 is 23.6 Å². The van der Waals surface area contributed by atoms with E-state index in [1.807, 2.05) is 13.8 Å². The van der Waals surface area contributed by atoms with Gasteiger partial charge in [-0.1, -0.05) is 19.9 Å². The summed E-state index contributed by atoms with van der Waals surface area (Å²) in [5, 5.41) is 21.9. The summed E-state index contributed by atoms with van der Waals surface area (Å²) < 4.78 is 0. The summed E-state index contributed by atoms with van der Waals surface area (Å²) in [4.78, 5) is 27.3. The molecular weight excluding hydrogens is 328 g/mol. The molecule has 1 aliphatic carbocycles. The fourth-order valence-electron chi connectivity index (χ4n) is 2.32. The largest absolute Gasteiger partial charge is 0.505 e. The van der Waals surface area contributed by atoms with Crippen molar-refractivity contribution in [1.29, 1.82) is 0 Å². The van der Waals surface area contributed by atoms with E-state index < -0.39 is 5.97 Å². The van der Waals surface area contributed by atoms with Gasteiger partial charge in [0.2, 0.25) is 5.91 Å². The molecule has 1 atom stereocenters. The van der Waals surface area contributed by atoms with Crippen LogP contribution in [0.3, 0.4) is 0 Å². The number of carbonyl (C=O) groups is 2. The first-order valence-corrected chi connectivity index (χ1v) is 8.81. The molecule has 0 radical (unpaired) electrons. The average molecular weight is 350 g/mol. The molecule has 2 rings (SSSR count). The number of aromatic nitrogens is 1. The summed E-state index contributed by atoms with van der Waals surface area (Å²) in [6.45, 7) is 3.98. The molecule has 0 bridgehead atoms. The number of carbonyl (C=O) groups excluding carboxylic acids is 1. The highest BCUT2D eigenvalue weighted by Crippen LogP contribution is 2.51. The lowest BCUT2D eigenvalue weighted by Gasteiger charge is -2.07. The molecule has 1 aliphatic rings. The molecule has 0 aliphatic heterocycles. The van der Waals surface area contributed by atoms with Crippen LogP contribution in [-0.4, -0.2) is 32.8 Å². The van der Waals surface area contributed by atoms with Crippen LogP contribution in [0.15, 0.2) is 35.1 Å². The molecule has 1 fully saturated rings. The maximum atomic E-state index is 12.0. The van der Waals surface area contributed by atoms with Crippen LogP contribution in [0.4, 0.5) is 0 Å². The van der Waals surface area contributed by atoms with Crippen molar-refractivity contribution in [3.63, 3.8) is 0 Å². The highest BCUT2D eigenvalue weighted by molar-refractivity contribution is 7.99. The zero-order valence-corrected chi connectivity index (χ0v) is 14.6. The van der Waals surface area contributed by atoms with Crippen molar-refractivity contribution in [3.8, 4) is 5.75 Å². The Morgan fingerprint density at radius 2 is 2.21 bits per heavy atom. The van der Waals surface area contributed by atoms with Gasteiger partial charge in [0, 0.05) is 12.1 Å².